The summed E-state index contributed by atoms with van der Waals surface area (Å²) < 4.78 is 6.76. The van der Waals surface area contributed by atoms with Crippen LogP contribution in [0.1, 0.15) is 6.23 Å². The van der Waals surface area contributed by atoms with Gasteiger partial charge in [0.05, 0.1) is 6.33 Å². The van der Waals surface area contributed by atoms with Crippen molar-refractivity contribution in [3.05, 3.63) is 16.7 Å². The number of hydrogen-bond acceptors (Lipinski definition) is 10. The lowest BCUT2D eigenvalue weighted by Gasteiger charge is -2.16. The summed E-state index contributed by atoms with van der Waals surface area (Å²) in [6, 6.07) is 0. The first kappa shape index (κ1) is 15.1. The molecule has 4 atom stereocenters. The number of nitrogen functional groups attached to an aromatic ring is 1. The van der Waals surface area contributed by atoms with E-state index in [1.54, 1.807) is 0 Å². The van der Waals surface area contributed by atoms with E-state index in [-0.39, 0.29) is 23.7 Å². The number of fused-ring (bicyclic) bond motifs is 1. The largest absolute Gasteiger partial charge is 0.387 e. The van der Waals surface area contributed by atoms with E-state index in [1.807, 2.05) is 0 Å². The number of anilines is 1. The first-order valence-corrected chi connectivity index (χ1v) is 6.46. The van der Waals surface area contributed by atoms with Crippen molar-refractivity contribution in [2.45, 2.75) is 24.5 Å². The summed E-state index contributed by atoms with van der Waals surface area (Å²) in [6.45, 7) is -0.271. The maximum atomic E-state index is 11.7. The molecule has 2 aromatic rings. The fraction of sp³-hybridized carbons (Fsp3) is 0.455. The molecular weight excluding hydrogens is 312 g/mol. The van der Waals surface area contributed by atoms with Crippen molar-refractivity contribution in [3.63, 3.8) is 0 Å². The van der Waals surface area contributed by atoms with Gasteiger partial charge in [0.1, 0.15) is 24.9 Å². The monoisotopic (exact) mass is 324 g/mol. The molecule has 12 heteroatoms. The zero-order valence-corrected chi connectivity index (χ0v) is 11.5. The number of aromatic amines is 1. The lowest BCUT2D eigenvalue weighted by molar-refractivity contribution is -0.0648. The molecule has 0 amide bonds. The smallest absolute Gasteiger partial charge is 0.280 e. The molecule has 1 saturated heterocycles. The summed E-state index contributed by atoms with van der Waals surface area (Å²) in [5, 5.41) is 23.0. The highest BCUT2D eigenvalue weighted by Crippen LogP contribution is 2.31. The number of imidazole rings is 1. The Hall–Kier alpha value is -2.79. The highest BCUT2D eigenvalue weighted by Gasteiger charge is 2.44. The molecule has 0 aromatic carbocycles. The molecule has 3 heterocycles. The molecule has 2 aromatic heterocycles. The minimum absolute atomic E-state index is 0.00902. The van der Waals surface area contributed by atoms with Gasteiger partial charge in [-0.05, 0) is 0 Å². The summed E-state index contributed by atoms with van der Waals surface area (Å²) in [4.78, 5) is 36.4. The van der Waals surface area contributed by atoms with E-state index < -0.39 is 30.1 Å². The molecule has 0 bridgehead atoms. The number of aliphatic hydroxyl groups excluding tert-OH is 2. The quantitative estimate of drug-likeness (QED) is 0.271. The number of rotatable bonds is 4. The Balaban J connectivity index is 1.93. The van der Waals surface area contributed by atoms with Gasteiger partial charge in [-0.25, -0.2) is 9.78 Å². The van der Waals surface area contributed by atoms with Crippen molar-refractivity contribution < 1.29 is 24.6 Å². The Morgan fingerprint density at radius 3 is 3.04 bits per heavy atom. The normalized spacial score (nSPS) is 27.0. The summed E-state index contributed by atoms with van der Waals surface area (Å²) in [5.41, 5.74) is 5.05. The van der Waals surface area contributed by atoms with Crippen molar-refractivity contribution in [3.8, 4) is 0 Å². The number of nitrogens with zero attached hydrogens (tertiary/aromatic N) is 4. The molecule has 0 unspecified atom stereocenters. The van der Waals surface area contributed by atoms with Crippen LogP contribution in [0.4, 0.5) is 5.95 Å². The maximum Gasteiger partial charge on any atom is 0.280 e. The van der Waals surface area contributed by atoms with Crippen molar-refractivity contribution in [1.82, 2.24) is 19.5 Å². The number of H-pyrrole nitrogens is 1. The van der Waals surface area contributed by atoms with Crippen LogP contribution in [0.5, 0.6) is 0 Å². The highest BCUT2D eigenvalue weighted by atomic mass is 16.7. The van der Waals surface area contributed by atoms with Crippen LogP contribution in [0, 0.1) is 0 Å². The molecule has 0 radical (unpaired) electrons. The average Bonchev–Trinajstić information content (AvgIpc) is 3.04. The Labute approximate surface area is 127 Å². The molecule has 0 aliphatic carbocycles. The number of ether oxygens (including phenoxy) is 1. The summed E-state index contributed by atoms with van der Waals surface area (Å²) >= 11 is 0. The second-order valence-corrected chi connectivity index (χ2v) is 4.80. The molecule has 23 heavy (non-hydrogen) atoms. The zero-order valence-electron chi connectivity index (χ0n) is 11.5. The number of carbonyl (C=O) groups excluding carboxylic acids is 1. The minimum Gasteiger partial charge on any atom is -0.387 e. The highest BCUT2D eigenvalue weighted by molar-refractivity contribution is 5.70. The maximum absolute atomic E-state index is 11.7. The van der Waals surface area contributed by atoms with Crippen molar-refractivity contribution in [1.29, 1.82) is 0 Å². The van der Waals surface area contributed by atoms with Gasteiger partial charge in [-0.2, -0.15) is 4.98 Å². The molecule has 1 fully saturated rings. The molecule has 0 saturated carbocycles. The molecule has 122 valence electrons. The third-order valence-corrected chi connectivity index (χ3v) is 3.40. The Morgan fingerprint density at radius 2 is 2.30 bits per heavy atom. The number of hydrogen-bond donors (Lipinski definition) is 4. The molecular formula is C11H12N6O6. The van der Waals surface area contributed by atoms with Gasteiger partial charge < -0.3 is 25.5 Å². The molecule has 5 N–H and O–H groups in total. The fourth-order valence-corrected chi connectivity index (χ4v) is 2.36. The Morgan fingerprint density at radius 1 is 1.52 bits per heavy atom. The van der Waals surface area contributed by atoms with Crippen molar-refractivity contribution in [2.75, 3.05) is 12.3 Å². The predicted octanol–water partition coefficient (Wildman–Crippen LogP) is -2.41. The first-order chi connectivity index (χ1) is 11.0. The number of isocyanates is 1. The first-order valence-electron chi connectivity index (χ1n) is 6.46. The van der Waals surface area contributed by atoms with Gasteiger partial charge in [-0.15, -0.1) is 0 Å². The van der Waals surface area contributed by atoms with Crippen molar-refractivity contribution >= 4 is 23.2 Å². The number of nitrogens with two attached hydrogens (primary N) is 1. The summed E-state index contributed by atoms with van der Waals surface area (Å²) in [5.74, 6) is -0.127. The second kappa shape index (κ2) is 5.78. The number of nitrogens with one attached hydrogen (secondary N) is 1. The fourth-order valence-electron chi connectivity index (χ4n) is 2.36. The van der Waals surface area contributed by atoms with Gasteiger partial charge in [-0.3, -0.25) is 14.3 Å². The van der Waals surface area contributed by atoms with Crippen LogP contribution in [-0.2, 0) is 14.4 Å². The van der Waals surface area contributed by atoms with Gasteiger partial charge in [0.25, 0.3) is 11.6 Å². The Kier molecular flexibility index (Phi) is 3.80. The average molecular weight is 324 g/mol. The van der Waals surface area contributed by atoms with Crippen LogP contribution in [0.2, 0.25) is 0 Å². The van der Waals surface area contributed by atoms with Crippen LogP contribution < -0.4 is 11.3 Å². The zero-order chi connectivity index (χ0) is 16.6. The van der Waals surface area contributed by atoms with E-state index in [0.717, 1.165) is 0 Å². The van der Waals surface area contributed by atoms with Gasteiger partial charge in [0.2, 0.25) is 5.95 Å². The third kappa shape index (κ3) is 2.55. The lowest BCUT2D eigenvalue weighted by atomic mass is 10.1. The minimum atomic E-state index is -1.34. The van der Waals surface area contributed by atoms with Crippen molar-refractivity contribution in [2.24, 2.45) is 5.16 Å². The third-order valence-electron chi connectivity index (χ3n) is 3.40. The van der Waals surface area contributed by atoms with E-state index in [4.69, 9.17) is 10.5 Å². The standard InChI is InChI=1S/C11H12N6O6/c12-11-15-8-5(9(21)16-11)13-2-17(8)10-7(20)6(19)4(23-10)1-22-14-3-18/h2,4,6-7,10,19-20H,1H2,(H3,12,15,16,21)/t4-,6-,7-,10-/m1/s1. The molecule has 3 rings (SSSR count). The number of aromatic nitrogens is 4. The molecule has 12 nitrogen and oxygen atoms in total. The van der Waals surface area contributed by atoms with Gasteiger partial charge in [-0.1, -0.05) is 0 Å². The lowest BCUT2D eigenvalue weighted by Crippen LogP contribution is -2.33. The van der Waals surface area contributed by atoms with Gasteiger partial charge >= 0.3 is 0 Å². The Bertz CT molecular complexity index is 826. The van der Waals surface area contributed by atoms with E-state index in [2.05, 4.69) is 24.9 Å². The molecule has 1 aliphatic heterocycles. The topological polar surface area (TPSA) is 178 Å². The van der Waals surface area contributed by atoms with Gasteiger partial charge in [0, 0.05) is 5.16 Å². The van der Waals surface area contributed by atoms with Crippen LogP contribution in [0.15, 0.2) is 16.3 Å². The van der Waals surface area contributed by atoms with E-state index in [1.165, 1.54) is 17.0 Å². The predicted molar refractivity (Wildman–Crippen MR) is 72.6 cm³/mol. The SMILES string of the molecule is Nc1nc2c(ncn2[C@@H]2O[C@H](CON=C=O)[C@@H](O)[C@H]2O)c(=O)[nH]1. The van der Waals surface area contributed by atoms with Crippen LogP contribution in [0.25, 0.3) is 11.2 Å². The van der Waals surface area contributed by atoms with E-state index in [9.17, 15) is 19.8 Å². The van der Waals surface area contributed by atoms with Crippen LogP contribution >= 0.6 is 0 Å². The number of aliphatic hydroxyl groups is 2. The summed E-state index contributed by atoms with van der Waals surface area (Å²) in [6.07, 6.45) is -2.27. The van der Waals surface area contributed by atoms with Gasteiger partial charge in [0.15, 0.2) is 17.4 Å². The van der Waals surface area contributed by atoms with E-state index >= 15 is 0 Å². The van der Waals surface area contributed by atoms with E-state index in [0.29, 0.717) is 0 Å². The second-order valence-electron chi connectivity index (χ2n) is 4.80. The molecule has 0 spiro atoms. The van der Waals surface area contributed by atoms with Crippen LogP contribution in [-0.4, -0.2) is 60.7 Å². The summed E-state index contributed by atoms with van der Waals surface area (Å²) in [7, 11) is 0. The van der Waals surface area contributed by atoms with Crippen LogP contribution in [0.3, 0.4) is 0 Å². The molecule has 1 aliphatic rings.